The molecule has 0 bridgehead atoms. The third-order valence-corrected chi connectivity index (χ3v) is 1.20. The highest BCUT2D eigenvalue weighted by Gasteiger charge is 2.01. The molecule has 0 aliphatic heterocycles. The Labute approximate surface area is 66.6 Å². The van der Waals surface area contributed by atoms with Crippen molar-refractivity contribution in [2.45, 2.75) is 40.7 Å². The molecular formula is C7H19BNO. The molecule has 1 atom stereocenters. The van der Waals surface area contributed by atoms with E-state index in [1.54, 1.807) is 0 Å². The van der Waals surface area contributed by atoms with Crippen molar-refractivity contribution in [3.63, 3.8) is 0 Å². The van der Waals surface area contributed by atoms with Crippen molar-refractivity contribution in [1.29, 1.82) is 0 Å². The number of rotatable bonds is 2. The number of nitrogens with one attached hydrogen (secondary N) is 1. The molecule has 0 aliphatic rings. The molecule has 0 rings (SSSR count). The van der Waals surface area contributed by atoms with Crippen LogP contribution >= 0.6 is 0 Å². The van der Waals surface area contributed by atoms with E-state index in [0.29, 0.717) is 5.92 Å². The first-order valence-electron chi connectivity index (χ1n) is 3.58. The third kappa shape index (κ3) is 10.9. The molecule has 0 aromatic carbocycles. The fourth-order valence-electron chi connectivity index (χ4n) is 0.149. The van der Waals surface area contributed by atoms with E-state index in [-0.39, 0.29) is 14.5 Å². The summed E-state index contributed by atoms with van der Waals surface area (Å²) in [5.74, 6) is 0.505. The Balaban J connectivity index is -0.000000149. The largest absolute Gasteiger partial charge is 0.317 e. The first-order valence-corrected chi connectivity index (χ1v) is 3.58. The van der Waals surface area contributed by atoms with Gasteiger partial charge in [0.25, 0.3) is 0 Å². The van der Waals surface area contributed by atoms with Crippen molar-refractivity contribution < 1.29 is 5.21 Å². The van der Waals surface area contributed by atoms with Crippen molar-refractivity contribution in [2.75, 3.05) is 0 Å². The van der Waals surface area contributed by atoms with E-state index >= 15 is 0 Å². The summed E-state index contributed by atoms with van der Waals surface area (Å²) >= 11 is 0. The summed E-state index contributed by atoms with van der Waals surface area (Å²) in [7, 11) is 0. The van der Waals surface area contributed by atoms with E-state index in [1.807, 2.05) is 34.6 Å². The van der Waals surface area contributed by atoms with E-state index in [2.05, 4.69) is 5.48 Å². The quantitative estimate of drug-likeness (QED) is 0.456. The Hall–Kier alpha value is -0.0151. The van der Waals surface area contributed by atoms with Gasteiger partial charge >= 0.3 is 0 Å². The molecule has 0 amide bonds. The summed E-state index contributed by atoms with van der Waals surface area (Å²) in [6.45, 7) is 10.0. The second-order valence-corrected chi connectivity index (χ2v) is 2.16. The molecule has 0 aromatic heterocycles. The molecule has 3 heteroatoms. The fraction of sp³-hybridized carbons (Fsp3) is 1.00. The van der Waals surface area contributed by atoms with Gasteiger partial charge in [-0.25, -0.2) is 5.48 Å². The summed E-state index contributed by atoms with van der Waals surface area (Å²) in [5, 5.41) is 8.26. The van der Waals surface area contributed by atoms with Crippen molar-refractivity contribution >= 4 is 8.41 Å². The average molecular weight is 144 g/mol. The van der Waals surface area contributed by atoms with Gasteiger partial charge in [0.05, 0.1) is 0 Å². The molecule has 0 saturated heterocycles. The lowest BCUT2D eigenvalue weighted by atomic mass is 10.1. The number of hydroxylamine groups is 1. The minimum absolute atomic E-state index is 0. The summed E-state index contributed by atoms with van der Waals surface area (Å²) in [4.78, 5) is 0. The lowest BCUT2D eigenvalue weighted by Crippen LogP contribution is -2.27. The highest BCUT2D eigenvalue weighted by atomic mass is 16.5. The molecular weight excluding hydrogens is 125 g/mol. The Morgan fingerprint density at radius 2 is 1.40 bits per heavy atom. The zero-order chi connectivity index (χ0) is 7.86. The van der Waals surface area contributed by atoms with Crippen LogP contribution in [0.15, 0.2) is 0 Å². The van der Waals surface area contributed by atoms with Gasteiger partial charge in [-0.3, -0.25) is 0 Å². The van der Waals surface area contributed by atoms with Crippen LogP contribution in [0.1, 0.15) is 34.6 Å². The molecule has 3 radical (unpaired) electrons. The van der Waals surface area contributed by atoms with Gasteiger partial charge in [0.15, 0.2) is 0 Å². The van der Waals surface area contributed by atoms with Gasteiger partial charge in [0.1, 0.15) is 0 Å². The Bertz CT molecular complexity index is 50.9. The Kier molecular flexibility index (Phi) is 19.4. The number of hydrogen-bond acceptors (Lipinski definition) is 2. The van der Waals surface area contributed by atoms with Gasteiger partial charge in [-0.05, 0) is 12.8 Å². The van der Waals surface area contributed by atoms with E-state index in [0.717, 1.165) is 0 Å². The monoisotopic (exact) mass is 144 g/mol. The molecule has 0 aliphatic carbocycles. The van der Waals surface area contributed by atoms with Gasteiger partial charge in [-0.15, -0.1) is 0 Å². The van der Waals surface area contributed by atoms with Crippen LogP contribution in [0.4, 0.5) is 0 Å². The zero-order valence-corrected chi connectivity index (χ0v) is 7.68. The summed E-state index contributed by atoms with van der Waals surface area (Å²) in [6, 6.07) is 0.208. The van der Waals surface area contributed by atoms with Crippen LogP contribution in [0, 0.1) is 5.92 Å². The first-order chi connectivity index (χ1) is 4.18. The summed E-state index contributed by atoms with van der Waals surface area (Å²) < 4.78 is 0. The molecule has 2 N–H and O–H groups in total. The lowest BCUT2D eigenvalue weighted by molar-refractivity contribution is 0.113. The molecule has 0 saturated carbocycles. The molecule has 61 valence electrons. The van der Waals surface area contributed by atoms with Crippen molar-refractivity contribution in [1.82, 2.24) is 5.48 Å². The van der Waals surface area contributed by atoms with Crippen LogP contribution in [0.3, 0.4) is 0 Å². The van der Waals surface area contributed by atoms with Gasteiger partial charge in [-0.1, -0.05) is 27.7 Å². The minimum Gasteiger partial charge on any atom is -0.317 e. The molecule has 10 heavy (non-hydrogen) atoms. The SMILES string of the molecule is CC.CC(C)C(C)NO.[B]. The average Bonchev–Trinajstić information content (AvgIpc) is 1.91. The molecule has 0 heterocycles. The van der Waals surface area contributed by atoms with E-state index < -0.39 is 0 Å². The van der Waals surface area contributed by atoms with Crippen LogP contribution in [0.2, 0.25) is 0 Å². The van der Waals surface area contributed by atoms with E-state index in [1.165, 1.54) is 0 Å². The van der Waals surface area contributed by atoms with Gasteiger partial charge in [0.2, 0.25) is 0 Å². The summed E-state index contributed by atoms with van der Waals surface area (Å²) in [6.07, 6.45) is 0. The second-order valence-electron chi connectivity index (χ2n) is 2.16. The van der Waals surface area contributed by atoms with Crippen molar-refractivity contribution in [2.24, 2.45) is 5.92 Å². The van der Waals surface area contributed by atoms with Crippen LogP contribution in [-0.4, -0.2) is 19.7 Å². The van der Waals surface area contributed by atoms with Crippen molar-refractivity contribution in [3.8, 4) is 0 Å². The predicted octanol–water partition coefficient (Wildman–Crippen LogP) is 1.66. The predicted molar refractivity (Wildman–Crippen MR) is 46.3 cm³/mol. The van der Waals surface area contributed by atoms with Gasteiger partial charge in [-0.2, -0.15) is 0 Å². The maximum absolute atomic E-state index is 8.26. The smallest absolute Gasteiger partial charge is 0.0314 e. The van der Waals surface area contributed by atoms with Crippen LogP contribution < -0.4 is 5.48 Å². The van der Waals surface area contributed by atoms with Gasteiger partial charge < -0.3 is 5.21 Å². The standard InChI is InChI=1S/C5H13NO.C2H6.B/c1-4(2)5(3)6-7;1-2;/h4-7H,1-3H3;1-2H3;. The summed E-state index contributed by atoms with van der Waals surface area (Å²) in [5.41, 5.74) is 2.16. The van der Waals surface area contributed by atoms with Crippen LogP contribution in [0.25, 0.3) is 0 Å². The van der Waals surface area contributed by atoms with Crippen molar-refractivity contribution in [3.05, 3.63) is 0 Å². The zero-order valence-electron chi connectivity index (χ0n) is 7.68. The highest BCUT2D eigenvalue weighted by molar-refractivity contribution is 5.75. The Morgan fingerprint density at radius 3 is 1.40 bits per heavy atom. The first kappa shape index (κ1) is 16.5. The minimum atomic E-state index is 0. The lowest BCUT2D eigenvalue weighted by Gasteiger charge is -2.11. The normalized spacial score (nSPS) is 11.1. The van der Waals surface area contributed by atoms with Crippen LogP contribution in [-0.2, 0) is 0 Å². The van der Waals surface area contributed by atoms with Crippen LogP contribution in [0.5, 0.6) is 0 Å². The molecule has 2 nitrogen and oxygen atoms in total. The maximum atomic E-state index is 8.26. The highest BCUT2D eigenvalue weighted by Crippen LogP contribution is 1.96. The molecule has 0 fully saturated rings. The van der Waals surface area contributed by atoms with E-state index in [4.69, 9.17) is 5.21 Å². The topological polar surface area (TPSA) is 32.3 Å². The maximum Gasteiger partial charge on any atom is 0.0314 e. The number of hydrogen-bond donors (Lipinski definition) is 2. The second kappa shape index (κ2) is 11.7. The third-order valence-electron chi connectivity index (χ3n) is 1.20. The fourth-order valence-corrected chi connectivity index (χ4v) is 0.149. The van der Waals surface area contributed by atoms with Gasteiger partial charge in [0, 0.05) is 14.5 Å². The molecule has 0 spiro atoms. The van der Waals surface area contributed by atoms with E-state index in [9.17, 15) is 0 Å². The molecule has 1 unspecified atom stereocenters. The molecule has 0 aromatic rings. The Morgan fingerprint density at radius 1 is 1.10 bits per heavy atom.